The summed E-state index contributed by atoms with van der Waals surface area (Å²) in [4.78, 5) is 15.9. The molecule has 234 valence electrons. The SMILES string of the molecule is CCC1CN2CC3(CCCc4cc(Cl)ccc43)COc3ccc(cc32)C(=O)N=S(N)(=O)C(C)C(C)C/C=C/C(OC)C1C. The molecule has 2 aromatic rings. The van der Waals surface area contributed by atoms with E-state index in [2.05, 4.69) is 47.4 Å². The summed E-state index contributed by atoms with van der Waals surface area (Å²) >= 11 is 6.42. The summed E-state index contributed by atoms with van der Waals surface area (Å²) in [7, 11) is -1.51. The first-order valence-electron chi connectivity index (χ1n) is 15.6. The number of allylic oxidation sites excluding steroid dienone is 1. The number of anilines is 1. The van der Waals surface area contributed by atoms with E-state index in [1.807, 2.05) is 32.0 Å². The maximum atomic E-state index is 13.5. The number of aryl methyl sites for hydroxylation is 1. The molecule has 0 saturated carbocycles. The molecule has 7 nitrogen and oxygen atoms in total. The molecule has 3 aliphatic rings. The second-order valence-corrected chi connectivity index (χ2v) is 15.5. The highest BCUT2D eigenvalue weighted by atomic mass is 35.5. The van der Waals surface area contributed by atoms with E-state index in [-0.39, 0.29) is 23.4 Å². The topological polar surface area (TPSA) is 94.2 Å². The number of nitrogens with zero attached hydrogens (tertiary/aromatic N) is 2. The Labute approximate surface area is 262 Å². The highest BCUT2D eigenvalue weighted by Crippen LogP contribution is 2.45. The Balaban J connectivity index is 1.65. The minimum absolute atomic E-state index is 0.0339. The number of amides is 1. The van der Waals surface area contributed by atoms with E-state index in [9.17, 15) is 9.00 Å². The van der Waals surface area contributed by atoms with E-state index < -0.39 is 21.1 Å². The summed E-state index contributed by atoms with van der Waals surface area (Å²) < 4.78 is 30.2. The van der Waals surface area contributed by atoms with E-state index in [1.165, 1.54) is 11.1 Å². The van der Waals surface area contributed by atoms with Crippen LogP contribution in [-0.4, -0.2) is 48.3 Å². The van der Waals surface area contributed by atoms with Gasteiger partial charge < -0.3 is 14.4 Å². The van der Waals surface area contributed by atoms with Crippen molar-refractivity contribution in [2.45, 2.75) is 76.6 Å². The third-order valence-electron chi connectivity index (χ3n) is 10.2. The van der Waals surface area contributed by atoms with E-state index >= 15 is 0 Å². The van der Waals surface area contributed by atoms with Crippen LogP contribution in [0.2, 0.25) is 5.02 Å². The van der Waals surface area contributed by atoms with Gasteiger partial charge in [-0.05, 0) is 91.8 Å². The smallest absolute Gasteiger partial charge is 0.286 e. The first kappa shape index (κ1) is 32.0. The van der Waals surface area contributed by atoms with Gasteiger partial charge in [0.2, 0.25) is 0 Å². The second kappa shape index (κ2) is 12.9. The van der Waals surface area contributed by atoms with Crippen LogP contribution in [0.3, 0.4) is 0 Å². The Morgan fingerprint density at radius 3 is 2.74 bits per heavy atom. The Morgan fingerprint density at radius 1 is 1.21 bits per heavy atom. The van der Waals surface area contributed by atoms with Crippen LogP contribution in [-0.2, 0) is 26.5 Å². The molecule has 43 heavy (non-hydrogen) atoms. The molecule has 2 N–H and O–H groups in total. The summed E-state index contributed by atoms with van der Waals surface area (Å²) in [6.45, 7) is 10.3. The number of carbonyl (C=O) groups is 1. The van der Waals surface area contributed by atoms with E-state index in [1.54, 1.807) is 13.2 Å². The number of benzene rings is 2. The summed E-state index contributed by atoms with van der Waals surface area (Å²) in [6, 6.07) is 11.7. The van der Waals surface area contributed by atoms with Crippen molar-refractivity contribution in [3.8, 4) is 5.75 Å². The van der Waals surface area contributed by atoms with Gasteiger partial charge in [-0.1, -0.05) is 57.0 Å². The van der Waals surface area contributed by atoms with Gasteiger partial charge in [0.25, 0.3) is 5.91 Å². The molecule has 5 rings (SSSR count). The third kappa shape index (κ3) is 6.53. The summed E-state index contributed by atoms with van der Waals surface area (Å²) in [5, 5.41) is 6.52. The van der Waals surface area contributed by atoms with Gasteiger partial charge in [0.15, 0.2) is 0 Å². The van der Waals surface area contributed by atoms with Crippen molar-refractivity contribution >= 4 is 33.1 Å². The molecular weight excluding hydrogens is 582 g/mol. The molecule has 2 aromatic carbocycles. The van der Waals surface area contributed by atoms with Crippen LogP contribution in [0.25, 0.3) is 0 Å². The largest absolute Gasteiger partial charge is 0.490 e. The Bertz CT molecular complexity index is 1500. The van der Waals surface area contributed by atoms with Crippen molar-refractivity contribution in [3.05, 3.63) is 70.3 Å². The van der Waals surface area contributed by atoms with Gasteiger partial charge in [0.05, 0.1) is 23.6 Å². The standard InChI is InChI=1S/C34H46ClN3O4S/c1-6-25-19-38-20-34(16-8-10-26-17-28(35)13-14-29(26)34)21-42-32-15-12-27(18-30(32)38)33(39)37-43(36,40)24(4)22(2)9-7-11-31(41-5)23(25)3/h7,11-15,17-18,22-25,31H,6,8-10,16,19-21H2,1-5H3,(H2,36,37,39,40)/b11-7+. The van der Waals surface area contributed by atoms with E-state index in [0.29, 0.717) is 24.5 Å². The maximum Gasteiger partial charge on any atom is 0.286 e. The molecule has 1 amide bonds. The molecule has 0 radical (unpaired) electrons. The number of fused-ring (bicyclic) bond motifs is 3. The van der Waals surface area contributed by atoms with Crippen molar-refractivity contribution in [1.29, 1.82) is 0 Å². The lowest BCUT2D eigenvalue weighted by molar-refractivity contribution is 0.0693. The van der Waals surface area contributed by atoms with Gasteiger partial charge in [-0.3, -0.25) is 4.79 Å². The monoisotopic (exact) mass is 627 g/mol. The minimum atomic E-state index is -3.27. The van der Waals surface area contributed by atoms with E-state index in [0.717, 1.165) is 55.2 Å². The first-order valence-corrected chi connectivity index (χ1v) is 17.6. The summed E-state index contributed by atoms with van der Waals surface area (Å²) in [6.07, 6.45) is 8.83. The molecule has 7 atom stereocenters. The zero-order valence-electron chi connectivity index (χ0n) is 26.1. The third-order valence-corrected chi connectivity index (χ3v) is 12.4. The molecule has 2 bridgehead atoms. The fourth-order valence-corrected chi connectivity index (χ4v) is 8.65. The maximum absolute atomic E-state index is 13.5. The van der Waals surface area contributed by atoms with Crippen molar-refractivity contribution < 1.29 is 18.5 Å². The zero-order valence-corrected chi connectivity index (χ0v) is 27.6. The van der Waals surface area contributed by atoms with Crippen molar-refractivity contribution in [2.24, 2.45) is 27.3 Å². The predicted molar refractivity (Wildman–Crippen MR) is 175 cm³/mol. The molecule has 0 fully saturated rings. The van der Waals surface area contributed by atoms with Crippen molar-refractivity contribution in [2.75, 3.05) is 31.7 Å². The van der Waals surface area contributed by atoms with Crippen LogP contribution in [0.4, 0.5) is 5.69 Å². The lowest BCUT2D eigenvalue weighted by Gasteiger charge is -2.42. The zero-order chi connectivity index (χ0) is 30.9. The predicted octanol–water partition coefficient (Wildman–Crippen LogP) is 6.96. The van der Waals surface area contributed by atoms with Gasteiger partial charge in [-0.25, -0.2) is 9.35 Å². The number of rotatable bonds is 2. The van der Waals surface area contributed by atoms with Gasteiger partial charge >= 0.3 is 0 Å². The van der Waals surface area contributed by atoms with Gasteiger partial charge in [-0.2, -0.15) is 0 Å². The van der Waals surface area contributed by atoms with Crippen molar-refractivity contribution in [3.63, 3.8) is 0 Å². The fourth-order valence-electron chi connectivity index (χ4n) is 7.15. The number of hydrogen-bond acceptors (Lipinski definition) is 5. The van der Waals surface area contributed by atoms with Crippen LogP contribution >= 0.6 is 11.6 Å². The highest BCUT2D eigenvalue weighted by Gasteiger charge is 2.42. The molecule has 1 aliphatic carbocycles. The number of nitrogens with two attached hydrogens (primary N) is 1. The minimum Gasteiger partial charge on any atom is -0.490 e. The number of halogens is 1. The Hall–Kier alpha value is -2.39. The molecule has 7 unspecified atom stereocenters. The Kier molecular flexibility index (Phi) is 9.62. The molecule has 9 heteroatoms. The number of hydrogen-bond donors (Lipinski definition) is 1. The fraction of sp³-hybridized carbons (Fsp3) is 0.559. The van der Waals surface area contributed by atoms with Crippen LogP contribution < -0.4 is 14.8 Å². The molecule has 2 aliphatic heterocycles. The van der Waals surface area contributed by atoms with Crippen LogP contribution in [0.1, 0.15) is 74.9 Å². The lowest BCUT2D eigenvalue weighted by Crippen LogP contribution is -2.47. The summed E-state index contributed by atoms with van der Waals surface area (Å²) in [5.41, 5.74) is 3.56. The molecular formula is C34H46ClN3O4S. The Morgan fingerprint density at radius 2 is 2.00 bits per heavy atom. The molecule has 0 saturated heterocycles. The van der Waals surface area contributed by atoms with Crippen LogP contribution in [0.15, 0.2) is 52.9 Å². The average molecular weight is 628 g/mol. The average Bonchev–Trinajstić information content (AvgIpc) is 3.13. The summed E-state index contributed by atoms with van der Waals surface area (Å²) in [5.74, 6) is 0.673. The van der Waals surface area contributed by atoms with E-state index in [4.69, 9.17) is 26.2 Å². The van der Waals surface area contributed by atoms with Crippen molar-refractivity contribution in [1.82, 2.24) is 0 Å². The molecule has 2 heterocycles. The van der Waals surface area contributed by atoms with Gasteiger partial charge in [-0.15, -0.1) is 4.36 Å². The number of carbonyl (C=O) groups excluding carboxylic acids is 1. The number of methoxy groups -OCH3 is 1. The van der Waals surface area contributed by atoms with Gasteiger partial charge in [0, 0.05) is 36.2 Å². The quantitative estimate of drug-likeness (QED) is 0.363. The highest BCUT2D eigenvalue weighted by molar-refractivity contribution is 7.92. The van der Waals surface area contributed by atoms with Crippen LogP contribution in [0.5, 0.6) is 5.75 Å². The normalized spacial score (nSPS) is 34.1. The molecule has 1 spiro atoms. The molecule has 0 aromatic heterocycles. The number of ether oxygens (including phenoxy) is 2. The van der Waals surface area contributed by atoms with Gasteiger partial charge in [0.1, 0.15) is 15.7 Å². The second-order valence-electron chi connectivity index (χ2n) is 12.9. The first-order chi connectivity index (χ1) is 20.5. The van der Waals surface area contributed by atoms with Crippen LogP contribution in [0, 0.1) is 17.8 Å². The lowest BCUT2D eigenvalue weighted by atomic mass is 9.70.